The Balaban J connectivity index is 1.73. The van der Waals surface area contributed by atoms with E-state index in [4.69, 9.17) is 11.6 Å². The fourth-order valence-electron chi connectivity index (χ4n) is 2.45. The molecule has 1 fully saturated rings. The summed E-state index contributed by atoms with van der Waals surface area (Å²) in [6.45, 7) is 2.41. The van der Waals surface area contributed by atoms with Crippen LogP contribution in [0, 0.1) is 5.92 Å². The zero-order chi connectivity index (χ0) is 11.2. The van der Waals surface area contributed by atoms with Gasteiger partial charge in [-0.15, -0.1) is 0 Å². The SMILES string of the molecule is Clc1ccccc1CCCC1CCNCC1. The molecule has 0 atom stereocenters. The van der Waals surface area contributed by atoms with Gasteiger partial charge in [0, 0.05) is 5.02 Å². The number of hydrogen-bond donors (Lipinski definition) is 1. The van der Waals surface area contributed by atoms with Gasteiger partial charge in [-0.05, 0) is 56.3 Å². The third kappa shape index (κ3) is 3.50. The molecule has 88 valence electrons. The normalized spacial score (nSPS) is 17.6. The number of nitrogens with one attached hydrogen (secondary N) is 1. The first-order chi connectivity index (χ1) is 7.86. The Labute approximate surface area is 103 Å². The summed E-state index contributed by atoms with van der Waals surface area (Å²) in [6, 6.07) is 8.20. The maximum atomic E-state index is 6.14. The van der Waals surface area contributed by atoms with E-state index in [9.17, 15) is 0 Å². The molecule has 1 aromatic carbocycles. The van der Waals surface area contributed by atoms with E-state index in [1.807, 2.05) is 12.1 Å². The summed E-state index contributed by atoms with van der Waals surface area (Å²) in [6.07, 6.45) is 6.45. The summed E-state index contributed by atoms with van der Waals surface area (Å²) in [5.74, 6) is 0.934. The predicted molar refractivity (Wildman–Crippen MR) is 70.0 cm³/mol. The largest absolute Gasteiger partial charge is 0.317 e. The van der Waals surface area contributed by atoms with Gasteiger partial charge in [-0.25, -0.2) is 0 Å². The average molecular weight is 238 g/mol. The van der Waals surface area contributed by atoms with Crippen LogP contribution in [0.4, 0.5) is 0 Å². The van der Waals surface area contributed by atoms with Crippen LogP contribution in [0.1, 0.15) is 31.2 Å². The molecule has 16 heavy (non-hydrogen) atoms. The minimum atomic E-state index is 0.924. The van der Waals surface area contributed by atoms with E-state index in [1.165, 1.54) is 44.3 Å². The standard InChI is InChI=1S/C14H20ClN/c15-14-7-2-1-5-13(14)6-3-4-12-8-10-16-11-9-12/h1-2,5,7,12,16H,3-4,6,8-11H2. The van der Waals surface area contributed by atoms with Crippen LogP contribution < -0.4 is 5.32 Å². The first-order valence-electron chi connectivity index (χ1n) is 6.30. The highest BCUT2D eigenvalue weighted by Gasteiger charge is 2.12. The molecule has 0 aromatic heterocycles. The molecule has 0 radical (unpaired) electrons. The Kier molecular flexibility index (Phi) is 4.68. The highest BCUT2D eigenvalue weighted by molar-refractivity contribution is 6.31. The molecule has 1 aliphatic heterocycles. The van der Waals surface area contributed by atoms with Crippen LogP contribution >= 0.6 is 11.6 Å². The zero-order valence-corrected chi connectivity index (χ0v) is 10.5. The molecule has 2 heteroatoms. The van der Waals surface area contributed by atoms with Gasteiger partial charge in [0.2, 0.25) is 0 Å². The number of rotatable bonds is 4. The molecule has 1 heterocycles. The molecular formula is C14H20ClN. The Morgan fingerprint density at radius 2 is 1.94 bits per heavy atom. The number of piperidine rings is 1. The molecule has 0 bridgehead atoms. The fraction of sp³-hybridized carbons (Fsp3) is 0.571. The number of benzene rings is 1. The van der Waals surface area contributed by atoms with Gasteiger partial charge in [0.1, 0.15) is 0 Å². The smallest absolute Gasteiger partial charge is 0.0437 e. The van der Waals surface area contributed by atoms with Gasteiger partial charge < -0.3 is 5.32 Å². The van der Waals surface area contributed by atoms with E-state index in [2.05, 4.69) is 17.4 Å². The summed E-state index contributed by atoms with van der Waals surface area (Å²) in [7, 11) is 0. The van der Waals surface area contributed by atoms with Crippen LogP contribution in [0.5, 0.6) is 0 Å². The molecule has 1 nitrogen and oxygen atoms in total. The lowest BCUT2D eigenvalue weighted by molar-refractivity contribution is 0.347. The molecule has 1 saturated heterocycles. The lowest BCUT2D eigenvalue weighted by Gasteiger charge is -2.22. The van der Waals surface area contributed by atoms with Gasteiger partial charge in [-0.3, -0.25) is 0 Å². The third-order valence-electron chi connectivity index (χ3n) is 3.48. The number of halogens is 1. The molecular weight excluding hydrogens is 218 g/mol. The molecule has 0 saturated carbocycles. The topological polar surface area (TPSA) is 12.0 Å². The van der Waals surface area contributed by atoms with Gasteiger partial charge in [0.15, 0.2) is 0 Å². The van der Waals surface area contributed by atoms with Crippen LogP contribution in [-0.4, -0.2) is 13.1 Å². The average Bonchev–Trinajstić information content (AvgIpc) is 2.33. The number of aryl methyl sites for hydroxylation is 1. The second kappa shape index (κ2) is 6.27. The Morgan fingerprint density at radius 3 is 2.69 bits per heavy atom. The molecule has 1 aromatic rings. The third-order valence-corrected chi connectivity index (χ3v) is 3.84. The van der Waals surface area contributed by atoms with E-state index in [0.717, 1.165) is 17.4 Å². The second-order valence-electron chi connectivity index (χ2n) is 4.68. The van der Waals surface area contributed by atoms with Crippen LogP contribution in [0.25, 0.3) is 0 Å². The molecule has 0 spiro atoms. The van der Waals surface area contributed by atoms with Crippen LogP contribution in [0.3, 0.4) is 0 Å². The van der Waals surface area contributed by atoms with Crippen molar-refractivity contribution >= 4 is 11.6 Å². The summed E-state index contributed by atoms with van der Waals surface area (Å²) in [4.78, 5) is 0. The van der Waals surface area contributed by atoms with Crippen molar-refractivity contribution in [2.75, 3.05) is 13.1 Å². The highest BCUT2D eigenvalue weighted by atomic mass is 35.5. The van der Waals surface area contributed by atoms with Crippen molar-refractivity contribution in [3.8, 4) is 0 Å². The first-order valence-corrected chi connectivity index (χ1v) is 6.68. The summed E-state index contributed by atoms with van der Waals surface area (Å²) in [5.41, 5.74) is 1.30. The van der Waals surface area contributed by atoms with Crippen LogP contribution in [0.15, 0.2) is 24.3 Å². The van der Waals surface area contributed by atoms with E-state index in [0.29, 0.717) is 0 Å². The molecule has 0 unspecified atom stereocenters. The maximum absolute atomic E-state index is 6.14. The summed E-state index contributed by atoms with van der Waals surface area (Å²) < 4.78 is 0. The minimum absolute atomic E-state index is 0.924. The van der Waals surface area contributed by atoms with Crippen molar-refractivity contribution in [1.82, 2.24) is 5.32 Å². The quantitative estimate of drug-likeness (QED) is 0.843. The zero-order valence-electron chi connectivity index (χ0n) is 9.71. The Hall–Kier alpha value is -0.530. The lowest BCUT2D eigenvalue weighted by Crippen LogP contribution is -2.27. The van der Waals surface area contributed by atoms with Crippen LogP contribution in [0.2, 0.25) is 5.02 Å². The van der Waals surface area contributed by atoms with Gasteiger partial charge >= 0.3 is 0 Å². The molecule has 1 N–H and O–H groups in total. The molecule has 0 amide bonds. The number of hydrogen-bond acceptors (Lipinski definition) is 1. The maximum Gasteiger partial charge on any atom is 0.0437 e. The minimum Gasteiger partial charge on any atom is -0.317 e. The summed E-state index contributed by atoms with van der Waals surface area (Å²) >= 11 is 6.14. The predicted octanol–water partition coefficient (Wildman–Crippen LogP) is 3.66. The van der Waals surface area contributed by atoms with Crippen LogP contribution in [-0.2, 0) is 6.42 Å². The van der Waals surface area contributed by atoms with E-state index in [-0.39, 0.29) is 0 Å². The molecule has 2 rings (SSSR count). The van der Waals surface area contributed by atoms with E-state index in [1.54, 1.807) is 0 Å². The second-order valence-corrected chi connectivity index (χ2v) is 5.08. The fourth-order valence-corrected chi connectivity index (χ4v) is 2.68. The van der Waals surface area contributed by atoms with Crippen molar-refractivity contribution in [1.29, 1.82) is 0 Å². The Morgan fingerprint density at radius 1 is 1.19 bits per heavy atom. The molecule has 1 aliphatic rings. The Bertz CT molecular complexity index is 318. The van der Waals surface area contributed by atoms with Crippen molar-refractivity contribution in [2.24, 2.45) is 5.92 Å². The van der Waals surface area contributed by atoms with Gasteiger partial charge in [-0.2, -0.15) is 0 Å². The van der Waals surface area contributed by atoms with E-state index >= 15 is 0 Å². The van der Waals surface area contributed by atoms with E-state index < -0.39 is 0 Å². The molecule has 0 aliphatic carbocycles. The monoisotopic (exact) mass is 237 g/mol. The highest BCUT2D eigenvalue weighted by Crippen LogP contribution is 2.21. The summed E-state index contributed by atoms with van der Waals surface area (Å²) in [5, 5.41) is 4.33. The van der Waals surface area contributed by atoms with Gasteiger partial charge in [0.05, 0.1) is 0 Å². The van der Waals surface area contributed by atoms with Gasteiger partial charge in [-0.1, -0.05) is 36.2 Å². The van der Waals surface area contributed by atoms with Crippen molar-refractivity contribution in [3.05, 3.63) is 34.9 Å². The van der Waals surface area contributed by atoms with Gasteiger partial charge in [0.25, 0.3) is 0 Å². The van der Waals surface area contributed by atoms with Crippen molar-refractivity contribution in [2.45, 2.75) is 32.1 Å². The van der Waals surface area contributed by atoms with Crippen molar-refractivity contribution < 1.29 is 0 Å². The lowest BCUT2D eigenvalue weighted by atomic mass is 9.91. The van der Waals surface area contributed by atoms with Crippen molar-refractivity contribution in [3.63, 3.8) is 0 Å². The first kappa shape index (κ1) is 11.9.